The fourth-order valence-corrected chi connectivity index (χ4v) is 2.41. The average Bonchev–Trinajstić information content (AvgIpc) is 2.53. The van der Waals surface area contributed by atoms with Crippen LogP contribution in [-0.2, 0) is 13.2 Å². The van der Waals surface area contributed by atoms with Crippen LogP contribution in [0.2, 0.25) is 5.02 Å². The van der Waals surface area contributed by atoms with Gasteiger partial charge in [-0.2, -0.15) is 0 Å². The number of hydrogen-bond donors (Lipinski definition) is 1. The van der Waals surface area contributed by atoms with Crippen molar-refractivity contribution < 1.29 is 9.90 Å². The van der Waals surface area contributed by atoms with Gasteiger partial charge in [0, 0.05) is 23.2 Å². The van der Waals surface area contributed by atoms with Crippen LogP contribution in [0, 0.1) is 0 Å². The summed E-state index contributed by atoms with van der Waals surface area (Å²) in [5.74, 6) is -0.0422. The molecule has 0 saturated carbocycles. The minimum Gasteiger partial charge on any atom is -0.392 e. The van der Waals surface area contributed by atoms with Crippen molar-refractivity contribution >= 4 is 17.5 Å². The van der Waals surface area contributed by atoms with Gasteiger partial charge in [-0.05, 0) is 43.2 Å². The average molecular weight is 318 g/mol. The Morgan fingerprint density at radius 2 is 1.77 bits per heavy atom. The molecule has 0 aliphatic rings. The lowest BCUT2D eigenvalue weighted by molar-refractivity contribution is 0.0690. The van der Waals surface area contributed by atoms with Crippen LogP contribution in [0.3, 0.4) is 0 Å². The third-order valence-corrected chi connectivity index (χ3v) is 3.93. The van der Waals surface area contributed by atoms with Gasteiger partial charge in [0.25, 0.3) is 5.91 Å². The molecule has 0 bridgehead atoms. The summed E-state index contributed by atoms with van der Waals surface area (Å²) in [5.41, 5.74) is 2.33. The van der Waals surface area contributed by atoms with Crippen molar-refractivity contribution in [2.24, 2.45) is 0 Å². The zero-order valence-corrected chi connectivity index (χ0v) is 13.5. The summed E-state index contributed by atoms with van der Waals surface area (Å²) in [5, 5.41) is 9.74. The van der Waals surface area contributed by atoms with Gasteiger partial charge in [0.05, 0.1) is 6.61 Å². The van der Waals surface area contributed by atoms with E-state index in [0.29, 0.717) is 17.1 Å². The van der Waals surface area contributed by atoms with Gasteiger partial charge in [-0.15, -0.1) is 0 Å². The van der Waals surface area contributed by atoms with Crippen molar-refractivity contribution in [2.75, 3.05) is 0 Å². The molecule has 0 aromatic heterocycles. The molecule has 2 aromatic carbocycles. The zero-order chi connectivity index (χ0) is 16.1. The highest BCUT2D eigenvalue weighted by Gasteiger charge is 2.19. The quantitative estimate of drug-likeness (QED) is 0.909. The van der Waals surface area contributed by atoms with E-state index in [4.69, 9.17) is 16.7 Å². The first-order valence-electron chi connectivity index (χ1n) is 7.27. The summed E-state index contributed by atoms with van der Waals surface area (Å²) in [6, 6.07) is 14.6. The Bertz CT molecular complexity index is 638. The highest BCUT2D eigenvalue weighted by molar-refractivity contribution is 6.31. The van der Waals surface area contributed by atoms with E-state index in [0.717, 1.165) is 11.1 Å². The third kappa shape index (κ3) is 3.87. The van der Waals surface area contributed by atoms with Crippen LogP contribution in [-0.4, -0.2) is 22.0 Å². The number of carbonyl (C=O) groups is 1. The van der Waals surface area contributed by atoms with Crippen molar-refractivity contribution in [3.8, 4) is 0 Å². The number of nitrogens with zero attached hydrogens (tertiary/aromatic N) is 1. The zero-order valence-electron chi connectivity index (χ0n) is 12.8. The van der Waals surface area contributed by atoms with Crippen LogP contribution in [0.1, 0.15) is 35.3 Å². The van der Waals surface area contributed by atoms with Crippen LogP contribution in [0.25, 0.3) is 0 Å². The van der Waals surface area contributed by atoms with E-state index >= 15 is 0 Å². The van der Waals surface area contributed by atoms with E-state index in [9.17, 15) is 4.79 Å². The van der Waals surface area contributed by atoms with Gasteiger partial charge in [-0.25, -0.2) is 0 Å². The summed E-state index contributed by atoms with van der Waals surface area (Å²) >= 11 is 6.20. The molecular formula is C18H20ClNO2. The maximum atomic E-state index is 12.7. The number of benzene rings is 2. The van der Waals surface area contributed by atoms with Crippen molar-refractivity contribution in [1.82, 2.24) is 4.90 Å². The molecule has 0 heterocycles. The molecule has 2 aromatic rings. The maximum absolute atomic E-state index is 12.7. The molecule has 116 valence electrons. The van der Waals surface area contributed by atoms with Gasteiger partial charge in [0.15, 0.2) is 0 Å². The van der Waals surface area contributed by atoms with Crippen molar-refractivity contribution in [3.63, 3.8) is 0 Å². The highest BCUT2D eigenvalue weighted by atomic mass is 35.5. The minimum atomic E-state index is -0.0422. The molecule has 0 aliphatic carbocycles. The molecule has 0 unspecified atom stereocenters. The molecule has 3 nitrogen and oxygen atoms in total. The Morgan fingerprint density at radius 1 is 1.14 bits per heavy atom. The molecule has 1 amide bonds. The molecule has 0 fully saturated rings. The number of halogens is 1. The standard InChI is InChI=1S/C18H20ClNO2/c1-13(2)20(11-16-5-3-4-6-17(16)19)18(22)15-9-7-14(12-21)8-10-15/h3-10,13,21H,11-12H2,1-2H3. The highest BCUT2D eigenvalue weighted by Crippen LogP contribution is 2.20. The Hall–Kier alpha value is -1.84. The van der Waals surface area contributed by atoms with E-state index in [-0.39, 0.29) is 18.6 Å². The van der Waals surface area contributed by atoms with E-state index in [1.165, 1.54) is 0 Å². The number of hydrogen-bond acceptors (Lipinski definition) is 2. The molecule has 0 saturated heterocycles. The van der Waals surface area contributed by atoms with Crippen LogP contribution < -0.4 is 0 Å². The smallest absolute Gasteiger partial charge is 0.254 e. The van der Waals surface area contributed by atoms with E-state index in [1.807, 2.05) is 38.1 Å². The maximum Gasteiger partial charge on any atom is 0.254 e. The predicted octanol–water partition coefficient (Wildman–Crippen LogP) is 3.88. The number of rotatable bonds is 5. The topological polar surface area (TPSA) is 40.5 Å². The SMILES string of the molecule is CC(C)N(Cc1ccccc1Cl)C(=O)c1ccc(CO)cc1. The second-order valence-electron chi connectivity index (χ2n) is 5.47. The van der Waals surface area contributed by atoms with Crippen LogP contribution in [0.4, 0.5) is 0 Å². The number of aliphatic hydroxyl groups excluding tert-OH is 1. The van der Waals surface area contributed by atoms with Gasteiger partial charge in [-0.1, -0.05) is 41.9 Å². The van der Waals surface area contributed by atoms with Crippen LogP contribution in [0.15, 0.2) is 48.5 Å². The summed E-state index contributed by atoms with van der Waals surface area (Å²) in [4.78, 5) is 14.5. The Morgan fingerprint density at radius 3 is 2.32 bits per heavy atom. The first-order chi connectivity index (χ1) is 10.5. The summed E-state index contributed by atoms with van der Waals surface area (Å²) in [6.07, 6.45) is 0. The summed E-state index contributed by atoms with van der Waals surface area (Å²) < 4.78 is 0. The van der Waals surface area contributed by atoms with Gasteiger partial charge in [0.2, 0.25) is 0 Å². The van der Waals surface area contributed by atoms with E-state index < -0.39 is 0 Å². The van der Waals surface area contributed by atoms with Crippen LogP contribution in [0.5, 0.6) is 0 Å². The summed E-state index contributed by atoms with van der Waals surface area (Å²) in [7, 11) is 0. The fourth-order valence-electron chi connectivity index (χ4n) is 2.22. The molecular weight excluding hydrogens is 298 g/mol. The third-order valence-electron chi connectivity index (χ3n) is 3.57. The van der Waals surface area contributed by atoms with Crippen molar-refractivity contribution in [1.29, 1.82) is 0 Å². The lowest BCUT2D eigenvalue weighted by Crippen LogP contribution is -2.36. The number of amides is 1. The molecule has 4 heteroatoms. The number of aliphatic hydroxyl groups is 1. The lowest BCUT2D eigenvalue weighted by atomic mass is 10.1. The molecule has 0 spiro atoms. The van der Waals surface area contributed by atoms with E-state index in [1.54, 1.807) is 29.2 Å². The van der Waals surface area contributed by atoms with Crippen molar-refractivity contribution in [3.05, 3.63) is 70.2 Å². The van der Waals surface area contributed by atoms with E-state index in [2.05, 4.69) is 0 Å². The predicted molar refractivity (Wildman–Crippen MR) is 88.8 cm³/mol. The Labute approximate surface area is 136 Å². The first kappa shape index (κ1) is 16.5. The Kier molecular flexibility index (Phi) is 5.58. The first-order valence-corrected chi connectivity index (χ1v) is 7.65. The molecule has 22 heavy (non-hydrogen) atoms. The van der Waals surface area contributed by atoms with Crippen molar-refractivity contribution in [2.45, 2.75) is 33.0 Å². The Balaban J connectivity index is 2.23. The second kappa shape index (κ2) is 7.43. The van der Waals surface area contributed by atoms with Gasteiger partial charge < -0.3 is 10.0 Å². The van der Waals surface area contributed by atoms with Crippen LogP contribution >= 0.6 is 11.6 Å². The molecule has 0 atom stereocenters. The molecule has 1 N–H and O–H groups in total. The van der Waals surface area contributed by atoms with Gasteiger partial charge >= 0.3 is 0 Å². The molecule has 0 aliphatic heterocycles. The summed E-state index contributed by atoms with van der Waals surface area (Å²) in [6.45, 7) is 4.41. The van der Waals surface area contributed by atoms with Gasteiger partial charge in [-0.3, -0.25) is 4.79 Å². The normalized spacial score (nSPS) is 10.8. The largest absolute Gasteiger partial charge is 0.392 e. The monoisotopic (exact) mass is 317 g/mol. The van der Waals surface area contributed by atoms with Gasteiger partial charge in [0.1, 0.15) is 0 Å². The molecule has 2 rings (SSSR count). The molecule has 0 radical (unpaired) electrons. The number of carbonyl (C=O) groups excluding carboxylic acids is 1. The fraction of sp³-hybridized carbons (Fsp3) is 0.278. The minimum absolute atomic E-state index is 0.0258. The lowest BCUT2D eigenvalue weighted by Gasteiger charge is -2.27. The second-order valence-corrected chi connectivity index (χ2v) is 5.88.